The van der Waals surface area contributed by atoms with Gasteiger partial charge in [-0.3, -0.25) is 0 Å². The first-order valence-corrected chi connectivity index (χ1v) is 3.98. The first-order chi connectivity index (χ1) is 4.50. The molecule has 1 unspecified atom stereocenters. The Bertz CT molecular complexity index is 113. The molecule has 2 N–H and O–H groups in total. The lowest BCUT2D eigenvalue weighted by Crippen LogP contribution is -2.45. The van der Waals surface area contributed by atoms with Gasteiger partial charge in [0.25, 0.3) is 0 Å². The van der Waals surface area contributed by atoms with Crippen LogP contribution < -0.4 is 5.32 Å². The number of aliphatic hydroxyl groups is 1. The summed E-state index contributed by atoms with van der Waals surface area (Å²) >= 11 is 0. The van der Waals surface area contributed by atoms with E-state index in [0.29, 0.717) is 6.04 Å². The third-order valence-electron chi connectivity index (χ3n) is 2.12. The average molecular weight is 143 g/mol. The number of hydrogen-bond acceptors (Lipinski definition) is 2. The molecule has 1 aliphatic carbocycles. The van der Waals surface area contributed by atoms with Crippen molar-refractivity contribution in [1.82, 2.24) is 5.32 Å². The van der Waals surface area contributed by atoms with E-state index in [2.05, 4.69) is 5.32 Å². The summed E-state index contributed by atoms with van der Waals surface area (Å²) in [5.41, 5.74) is -0.581. The van der Waals surface area contributed by atoms with Crippen LogP contribution in [0.5, 0.6) is 0 Å². The van der Waals surface area contributed by atoms with Gasteiger partial charge in [0.1, 0.15) is 0 Å². The van der Waals surface area contributed by atoms with Gasteiger partial charge in [-0.15, -0.1) is 0 Å². The van der Waals surface area contributed by atoms with Crippen molar-refractivity contribution in [3.05, 3.63) is 0 Å². The van der Waals surface area contributed by atoms with Crippen LogP contribution in [0.15, 0.2) is 0 Å². The zero-order valence-electron chi connectivity index (χ0n) is 7.02. The normalized spacial score (nSPS) is 22.8. The van der Waals surface area contributed by atoms with Gasteiger partial charge in [-0.2, -0.15) is 0 Å². The van der Waals surface area contributed by atoms with Crippen molar-refractivity contribution in [2.75, 3.05) is 0 Å². The molecular weight excluding hydrogens is 126 g/mol. The Hall–Kier alpha value is -0.0800. The Kier molecular flexibility index (Phi) is 2.02. The van der Waals surface area contributed by atoms with E-state index >= 15 is 0 Å². The zero-order chi connectivity index (χ0) is 7.78. The van der Waals surface area contributed by atoms with E-state index in [1.165, 1.54) is 12.8 Å². The first-order valence-electron chi connectivity index (χ1n) is 3.98. The molecule has 0 radical (unpaired) electrons. The molecule has 1 saturated carbocycles. The van der Waals surface area contributed by atoms with Crippen LogP contribution in [-0.2, 0) is 0 Å². The fraction of sp³-hybridized carbons (Fsp3) is 1.00. The van der Waals surface area contributed by atoms with Crippen LogP contribution in [0.2, 0.25) is 0 Å². The lowest BCUT2D eigenvalue weighted by molar-refractivity contribution is 0.0436. The summed E-state index contributed by atoms with van der Waals surface area (Å²) in [6, 6.07) is 0.890. The third-order valence-corrected chi connectivity index (χ3v) is 2.12. The highest BCUT2D eigenvalue weighted by molar-refractivity contribution is 4.89. The lowest BCUT2D eigenvalue weighted by atomic mass is 10.0. The van der Waals surface area contributed by atoms with Gasteiger partial charge in [0.05, 0.1) is 5.60 Å². The molecule has 0 aromatic heterocycles. The standard InChI is InChI=1S/C8H17NO/c1-6(8(2,3)10)9-7-4-5-7/h6-7,9-10H,4-5H2,1-3H3. The van der Waals surface area contributed by atoms with Gasteiger partial charge >= 0.3 is 0 Å². The highest BCUT2D eigenvalue weighted by Gasteiger charge is 2.29. The summed E-state index contributed by atoms with van der Waals surface area (Å²) in [6.07, 6.45) is 2.56. The smallest absolute Gasteiger partial charge is 0.0741 e. The highest BCUT2D eigenvalue weighted by Crippen LogP contribution is 2.21. The Balaban J connectivity index is 2.25. The predicted octanol–water partition coefficient (Wildman–Crippen LogP) is 0.898. The Morgan fingerprint density at radius 1 is 1.50 bits per heavy atom. The molecule has 0 saturated heterocycles. The van der Waals surface area contributed by atoms with Crippen molar-refractivity contribution in [3.8, 4) is 0 Å². The molecule has 0 bridgehead atoms. The molecule has 1 atom stereocenters. The summed E-state index contributed by atoms with van der Waals surface area (Å²) < 4.78 is 0. The summed E-state index contributed by atoms with van der Waals surface area (Å²) in [5, 5.41) is 12.8. The molecule has 10 heavy (non-hydrogen) atoms. The van der Waals surface area contributed by atoms with Crippen molar-refractivity contribution in [2.24, 2.45) is 0 Å². The van der Waals surface area contributed by atoms with E-state index in [1.54, 1.807) is 0 Å². The van der Waals surface area contributed by atoms with Crippen LogP contribution in [0.25, 0.3) is 0 Å². The van der Waals surface area contributed by atoms with Gasteiger partial charge in [-0.25, -0.2) is 0 Å². The van der Waals surface area contributed by atoms with E-state index in [-0.39, 0.29) is 6.04 Å². The second kappa shape index (κ2) is 2.51. The summed E-state index contributed by atoms with van der Waals surface area (Å²) in [5.74, 6) is 0. The first kappa shape index (κ1) is 8.02. The zero-order valence-corrected chi connectivity index (χ0v) is 7.02. The van der Waals surface area contributed by atoms with Crippen LogP contribution in [-0.4, -0.2) is 22.8 Å². The van der Waals surface area contributed by atoms with Crippen LogP contribution >= 0.6 is 0 Å². The molecule has 1 aliphatic rings. The summed E-state index contributed by atoms with van der Waals surface area (Å²) in [4.78, 5) is 0. The second-order valence-electron chi connectivity index (χ2n) is 3.82. The van der Waals surface area contributed by atoms with Crippen LogP contribution in [0, 0.1) is 0 Å². The molecule has 0 spiro atoms. The highest BCUT2D eigenvalue weighted by atomic mass is 16.3. The van der Waals surface area contributed by atoms with E-state index < -0.39 is 5.60 Å². The third kappa shape index (κ3) is 2.27. The van der Waals surface area contributed by atoms with Crippen molar-refractivity contribution in [1.29, 1.82) is 0 Å². The van der Waals surface area contributed by atoms with Crippen LogP contribution in [0.3, 0.4) is 0 Å². The van der Waals surface area contributed by atoms with Crippen molar-refractivity contribution < 1.29 is 5.11 Å². The molecule has 0 aromatic carbocycles. The fourth-order valence-electron chi connectivity index (χ4n) is 0.807. The minimum atomic E-state index is -0.581. The van der Waals surface area contributed by atoms with Gasteiger partial charge in [0.15, 0.2) is 0 Å². The maximum absolute atomic E-state index is 9.50. The minimum Gasteiger partial charge on any atom is -0.389 e. The van der Waals surface area contributed by atoms with Crippen molar-refractivity contribution in [3.63, 3.8) is 0 Å². The number of nitrogens with one attached hydrogen (secondary N) is 1. The van der Waals surface area contributed by atoms with Crippen LogP contribution in [0.4, 0.5) is 0 Å². The monoisotopic (exact) mass is 143 g/mol. The minimum absolute atomic E-state index is 0.208. The summed E-state index contributed by atoms with van der Waals surface area (Å²) in [7, 11) is 0. The average Bonchev–Trinajstić information content (AvgIpc) is 2.47. The van der Waals surface area contributed by atoms with E-state index in [4.69, 9.17) is 0 Å². The van der Waals surface area contributed by atoms with Gasteiger partial charge in [-0.1, -0.05) is 0 Å². The number of rotatable bonds is 3. The molecule has 0 aromatic rings. The van der Waals surface area contributed by atoms with E-state index in [9.17, 15) is 5.11 Å². The van der Waals surface area contributed by atoms with Crippen LogP contribution in [0.1, 0.15) is 33.6 Å². The van der Waals surface area contributed by atoms with E-state index in [1.807, 2.05) is 20.8 Å². The topological polar surface area (TPSA) is 32.3 Å². The quantitative estimate of drug-likeness (QED) is 0.615. The lowest BCUT2D eigenvalue weighted by Gasteiger charge is -2.26. The molecular formula is C8H17NO. The molecule has 2 heteroatoms. The predicted molar refractivity (Wildman–Crippen MR) is 41.9 cm³/mol. The Labute approximate surface area is 62.6 Å². The SMILES string of the molecule is CC(NC1CC1)C(C)(C)O. The molecule has 0 aliphatic heterocycles. The Morgan fingerprint density at radius 2 is 2.00 bits per heavy atom. The van der Waals surface area contributed by atoms with Gasteiger partial charge in [-0.05, 0) is 33.6 Å². The van der Waals surface area contributed by atoms with Gasteiger partial charge < -0.3 is 10.4 Å². The molecule has 1 rings (SSSR count). The van der Waals surface area contributed by atoms with Gasteiger partial charge in [0.2, 0.25) is 0 Å². The fourth-order valence-corrected chi connectivity index (χ4v) is 0.807. The second-order valence-corrected chi connectivity index (χ2v) is 3.82. The van der Waals surface area contributed by atoms with Gasteiger partial charge in [0, 0.05) is 12.1 Å². The number of hydrogen-bond donors (Lipinski definition) is 2. The molecule has 0 heterocycles. The van der Waals surface area contributed by atoms with Crippen molar-refractivity contribution >= 4 is 0 Å². The molecule has 60 valence electrons. The van der Waals surface area contributed by atoms with E-state index in [0.717, 1.165) is 0 Å². The molecule has 2 nitrogen and oxygen atoms in total. The molecule has 0 amide bonds. The molecule has 1 fully saturated rings. The summed E-state index contributed by atoms with van der Waals surface area (Å²) in [6.45, 7) is 5.71. The largest absolute Gasteiger partial charge is 0.389 e. The van der Waals surface area contributed by atoms with Crippen molar-refractivity contribution in [2.45, 2.75) is 51.3 Å². The Morgan fingerprint density at radius 3 is 2.30 bits per heavy atom. The maximum atomic E-state index is 9.50. The maximum Gasteiger partial charge on any atom is 0.0741 e.